The Balaban J connectivity index is 2.87. The lowest BCUT2D eigenvalue weighted by Crippen LogP contribution is -2.23. The largest absolute Gasteiger partial charge is 0.356 e. The van der Waals surface area contributed by atoms with Gasteiger partial charge in [-0.05, 0) is 12.1 Å². The maximum atomic E-state index is 11.8. The summed E-state index contributed by atoms with van der Waals surface area (Å²) >= 11 is 5.71. The molecule has 0 aliphatic heterocycles. The molecule has 1 aromatic rings. The third-order valence-electron chi connectivity index (χ3n) is 2.18. The summed E-state index contributed by atoms with van der Waals surface area (Å²) in [6.07, 6.45) is -0.0131. The number of hydrogen-bond acceptors (Lipinski definition) is 4. The standard InChI is InChI=1S/C11H11ClN2O4/c1-7(15)13-5-4-11(16)9-6-8(12)2-3-10(9)14(17)18/h2-3,6H,4-5H2,1H3,(H,13,15). The molecule has 7 heteroatoms. The summed E-state index contributed by atoms with van der Waals surface area (Å²) in [6.45, 7) is 1.46. The first-order valence-corrected chi connectivity index (χ1v) is 5.51. The van der Waals surface area contributed by atoms with Crippen molar-refractivity contribution >= 4 is 29.0 Å². The molecule has 1 N–H and O–H groups in total. The summed E-state index contributed by atoms with van der Waals surface area (Å²) < 4.78 is 0. The Bertz CT molecular complexity index is 502. The Kier molecular flexibility index (Phi) is 4.79. The maximum Gasteiger partial charge on any atom is 0.280 e. The maximum absolute atomic E-state index is 11.8. The molecule has 0 aliphatic rings. The molecular formula is C11H11ClN2O4. The Morgan fingerprint density at radius 3 is 2.67 bits per heavy atom. The minimum absolute atomic E-state index is 0.0131. The number of halogens is 1. The first kappa shape index (κ1) is 14.1. The van der Waals surface area contributed by atoms with E-state index >= 15 is 0 Å². The number of nitro groups is 1. The van der Waals surface area contributed by atoms with Gasteiger partial charge in [-0.25, -0.2) is 0 Å². The molecule has 0 aromatic heterocycles. The van der Waals surface area contributed by atoms with Gasteiger partial charge in [-0.1, -0.05) is 11.6 Å². The molecule has 0 saturated heterocycles. The molecule has 0 radical (unpaired) electrons. The summed E-state index contributed by atoms with van der Waals surface area (Å²) in [6, 6.07) is 3.80. The highest BCUT2D eigenvalue weighted by Gasteiger charge is 2.19. The SMILES string of the molecule is CC(=O)NCCC(=O)c1cc(Cl)ccc1[N+](=O)[O-]. The first-order chi connectivity index (χ1) is 8.41. The number of benzene rings is 1. The highest BCUT2D eigenvalue weighted by molar-refractivity contribution is 6.31. The van der Waals surface area contributed by atoms with E-state index in [2.05, 4.69) is 5.32 Å². The Labute approximate surface area is 108 Å². The second-order valence-corrected chi connectivity index (χ2v) is 4.01. The molecule has 0 atom stereocenters. The van der Waals surface area contributed by atoms with E-state index in [1.807, 2.05) is 0 Å². The lowest BCUT2D eigenvalue weighted by atomic mass is 10.1. The number of rotatable bonds is 5. The normalized spacial score (nSPS) is 9.89. The average molecular weight is 271 g/mol. The van der Waals surface area contributed by atoms with Gasteiger partial charge in [0.1, 0.15) is 0 Å². The summed E-state index contributed by atoms with van der Waals surface area (Å²) in [5, 5.41) is 13.5. The number of hydrogen-bond donors (Lipinski definition) is 1. The quantitative estimate of drug-likeness (QED) is 0.503. The lowest BCUT2D eigenvalue weighted by molar-refractivity contribution is -0.385. The van der Waals surface area contributed by atoms with E-state index in [0.29, 0.717) is 0 Å². The fourth-order valence-corrected chi connectivity index (χ4v) is 1.55. The molecule has 1 amide bonds. The second kappa shape index (κ2) is 6.11. The van der Waals surface area contributed by atoms with Gasteiger partial charge >= 0.3 is 0 Å². The second-order valence-electron chi connectivity index (χ2n) is 3.57. The number of nitro benzene ring substituents is 1. The van der Waals surface area contributed by atoms with Gasteiger partial charge in [0.05, 0.1) is 10.5 Å². The third-order valence-corrected chi connectivity index (χ3v) is 2.42. The van der Waals surface area contributed by atoms with Gasteiger partial charge in [0, 0.05) is 31.0 Å². The van der Waals surface area contributed by atoms with Gasteiger partial charge < -0.3 is 5.32 Å². The molecule has 96 valence electrons. The van der Waals surface area contributed by atoms with Gasteiger partial charge in [0.15, 0.2) is 5.78 Å². The molecule has 0 unspecified atom stereocenters. The highest BCUT2D eigenvalue weighted by Crippen LogP contribution is 2.23. The van der Waals surface area contributed by atoms with Crippen LogP contribution >= 0.6 is 11.6 Å². The highest BCUT2D eigenvalue weighted by atomic mass is 35.5. The smallest absolute Gasteiger partial charge is 0.280 e. The zero-order valence-corrected chi connectivity index (χ0v) is 10.4. The van der Waals surface area contributed by atoms with Crippen molar-refractivity contribution in [3.8, 4) is 0 Å². The monoisotopic (exact) mass is 270 g/mol. The van der Waals surface area contributed by atoms with Crippen molar-refractivity contribution in [1.82, 2.24) is 5.32 Å². The molecule has 0 saturated carbocycles. The van der Waals surface area contributed by atoms with Crippen LogP contribution in [0.1, 0.15) is 23.7 Å². The minimum atomic E-state index is -0.637. The van der Waals surface area contributed by atoms with Crippen LogP contribution in [0.3, 0.4) is 0 Å². The van der Waals surface area contributed by atoms with Gasteiger partial charge in [-0.3, -0.25) is 19.7 Å². The number of amides is 1. The number of carbonyl (C=O) groups is 2. The Morgan fingerprint density at radius 2 is 2.11 bits per heavy atom. The lowest BCUT2D eigenvalue weighted by Gasteiger charge is -2.03. The van der Waals surface area contributed by atoms with Gasteiger partial charge in [0.25, 0.3) is 5.69 Å². The van der Waals surface area contributed by atoms with Crippen molar-refractivity contribution < 1.29 is 14.5 Å². The average Bonchev–Trinajstić information content (AvgIpc) is 2.27. The number of Topliss-reactive ketones (excluding diaryl/α,β-unsaturated/α-hetero) is 1. The van der Waals surface area contributed by atoms with Crippen LogP contribution in [0.15, 0.2) is 18.2 Å². The van der Waals surface area contributed by atoms with Crippen LogP contribution in [0.25, 0.3) is 0 Å². The fraction of sp³-hybridized carbons (Fsp3) is 0.273. The summed E-state index contributed by atoms with van der Waals surface area (Å²) in [5.41, 5.74) is -0.329. The van der Waals surface area contributed by atoms with E-state index in [1.54, 1.807) is 0 Å². The topological polar surface area (TPSA) is 89.3 Å². The van der Waals surface area contributed by atoms with Crippen molar-refractivity contribution in [2.24, 2.45) is 0 Å². The van der Waals surface area contributed by atoms with Crippen LogP contribution in [0, 0.1) is 10.1 Å². The summed E-state index contributed by atoms with van der Waals surface area (Å²) in [4.78, 5) is 32.6. The van der Waals surface area contributed by atoms with Gasteiger partial charge in [-0.15, -0.1) is 0 Å². The molecule has 0 bridgehead atoms. The molecule has 1 aromatic carbocycles. The van der Waals surface area contributed by atoms with Crippen molar-refractivity contribution in [3.05, 3.63) is 38.9 Å². The number of ketones is 1. The van der Waals surface area contributed by atoms with Crippen molar-refractivity contribution in [2.75, 3.05) is 6.54 Å². The molecule has 0 spiro atoms. The predicted molar refractivity (Wildman–Crippen MR) is 65.7 cm³/mol. The predicted octanol–water partition coefficient (Wildman–Crippen LogP) is 1.96. The van der Waals surface area contributed by atoms with E-state index < -0.39 is 10.7 Å². The molecular weight excluding hydrogens is 260 g/mol. The first-order valence-electron chi connectivity index (χ1n) is 5.13. The van der Waals surface area contributed by atoms with Crippen LogP contribution in [0.2, 0.25) is 5.02 Å². The Hall–Kier alpha value is -1.95. The number of nitrogens with zero attached hydrogens (tertiary/aromatic N) is 1. The van der Waals surface area contributed by atoms with Gasteiger partial charge in [-0.2, -0.15) is 0 Å². The molecule has 0 aliphatic carbocycles. The molecule has 18 heavy (non-hydrogen) atoms. The van der Waals surface area contributed by atoms with E-state index in [0.717, 1.165) is 0 Å². The number of carbonyl (C=O) groups excluding carboxylic acids is 2. The molecule has 1 rings (SSSR count). The fourth-order valence-electron chi connectivity index (χ4n) is 1.38. The van der Waals surface area contributed by atoms with Crippen LogP contribution < -0.4 is 5.32 Å². The van der Waals surface area contributed by atoms with Crippen LogP contribution in [0.4, 0.5) is 5.69 Å². The summed E-state index contributed by atoms with van der Waals surface area (Å²) in [7, 11) is 0. The third kappa shape index (κ3) is 3.81. The van der Waals surface area contributed by atoms with Crippen molar-refractivity contribution in [3.63, 3.8) is 0 Å². The van der Waals surface area contributed by atoms with Gasteiger partial charge in [0.2, 0.25) is 5.91 Å². The van der Waals surface area contributed by atoms with Crippen LogP contribution in [-0.2, 0) is 4.79 Å². The molecule has 0 fully saturated rings. The van der Waals surface area contributed by atoms with Crippen LogP contribution in [-0.4, -0.2) is 23.2 Å². The zero-order valence-electron chi connectivity index (χ0n) is 9.60. The molecule has 0 heterocycles. The van der Waals surface area contributed by atoms with Crippen molar-refractivity contribution in [2.45, 2.75) is 13.3 Å². The van der Waals surface area contributed by atoms with Crippen molar-refractivity contribution in [1.29, 1.82) is 0 Å². The zero-order chi connectivity index (χ0) is 13.7. The van der Waals surface area contributed by atoms with E-state index in [9.17, 15) is 19.7 Å². The Morgan fingerprint density at radius 1 is 1.44 bits per heavy atom. The number of nitrogens with one attached hydrogen (secondary N) is 1. The minimum Gasteiger partial charge on any atom is -0.356 e. The molecule has 6 nitrogen and oxygen atoms in total. The van der Waals surface area contributed by atoms with E-state index in [1.165, 1.54) is 25.1 Å². The van der Waals surface area contributed by atoms with E-state index in [4.69, 9.17) is 11.6 Å². The van der Waals surface area contributed by atoms with Crippen LogP contribution in [0.5, 0.6) is 0 Å². The summed E-state index contributed by atoms with van der Waals surface area (Å²) in [5.74, 6) is -0.693. The van der Waals surface area contributed by atoms with E-state index in [-0.39, 0.29) is 35.1 Å².